The lowest BCUT2D eigenvalue weighted by molar-refractivity contribution is -0.140. The SMILES string of the molecule is CC[C@@H](C)NC(=O)[C@@H](CC)N(Cc1cccc(OC)c1)C(=O)CN(c1ccc(OC)c(OC)c1)S(=O)(=O)c1ccc(C)cc1. The van der Waals surface area contributed by atoms with Crippen molar-refractivity contribution in [2.24, 2.45) is 0 Å². The van der Waals surface area contributed by atoms with Crippen LogP contribution in [0.25, 0.3) is 0 Å². The minimum atomic E-state index is -4.23. The third kappa shape index (κ3) is 8.22. The Kier molecular flexibility index (Phi) is 12.0. The Labute approximate surface area is 261 Å². The molecule has 238 valence electrons. The number of carbonyl (C=O) groups is 2. The first-order valence-corrected chi connectivity index (χ1v) is 16.0. The highest BCUT2D eigenvalue weighted by atomic mass is 32.2. The lowest BCUT2D eigenvalue weighted by Gasteiger charge is -2.34. The van der Waals surface area contributed by atoms with E-state index in [-0.39, 0.29) is 29.1 Å². The van der Waals surface area contributed by atoms with Crippen LogP contribution in [0.15, 0.2) is 71.6 Å². The molecular weight excluding hydrogens is 582 g/mol. The Morgan fingerprint density at radius 3 is 2.14 bits per heavy atom. The molecule has 0 saturated heterocycles. The molecule has 11 heteroatoms. The van der Waals surface area contributed by atoms with E-state index in [1.807, 2.05) is 33.8 Å². The Balaban J connectivity index is 2.13. The van der Waals surface area contributed by atoms with Crippen LogP contribution >= 0.6 is 0 Å². The molecule has 0 unspecified atom stereocenters. The molecule has 1 N–H and O–H groups in total. The summed E-state index contributed by atoms with van der Waals surface area (Å²) in [5, 5.41) is 2.98. The van der Waals surface area contributed by atoms with Crippen LogP contribution in [0.1, 0.15) is 44.7 Å². The van der Waals surface area contributed by atoms with E-state index >= 15 is 0 Å². The molecule has 0 aliphatic rings. The van der Waals surface area contributed by atoms with Crippen LogP contribution in [-0.4, -0.2) is 65.1 Å². The molecule has 0 aromatic heterocycles. The molecule has 2 atom stereocenters. The van der Waals surface area contributed by atoms with Gasteiger partial charge in [-0.15, -0.1) is 0 Å². The zero-order valence-electron chi connectivity index (χ0n) is 26.5. The number of hydrogen-bond donors (Lipinski definition) is 1. The van der Waals surface area contributed by atoms with Crippen molar-refractivity contribution in [3.05, 3.63) is 77.9 Å². The standard InChI is InChI=1S/C33H43N3O7S/c1-8-24(4)34-33(38)29(9-2)35(21-25-11-10-12-27(19-25)41-5)32(37)22-36(26-15-18-30(42-6)31(20-26)43-7)44(39,40)28-16-13-23(3)14-17-28/h10-20,24,29H,8-9,21-22H2,1-7H3,(H,34,38)/t24-,29-/m1/s1. The van der Waals surface area contributed by atoms with E-state index in [1.54, 1.807) is 49.6 Å². The minimum Gasteiger partial charge on any atom is -0.497 e. The van der Waals surface area contributed by atoms with Crippen molar-refractivity contribution in [3.8, 4) is 17.2 Å². The summed E-state index contributed by atoms with van der Waals surface area (Å²) in [6, 6.07) is 17.3. The third-order valence-corrected chi connectivity index (χ3v) is 9.21. The minimum absolute atomic E-state index is 0.0200. The largest absolute Gasteiger partial charge is 0.497 e. The number of benzene rings is 3. The van der Waals surface area contributed by atoms with Gasteiger partial charge in [0.15, 0.2) is 11.5 Å². The Morgan fingerprint density at radius 2 is 1.55 bits per heavy atom. The van der Waals surface area contributed by atoms with Crippen molar-refractivity contribution < 1.29 is 32.2 Å². The summed E-state index contributed by atoms with van der Waals surface area (Å²) in [4.78, 5) is 29.2. The summed E-state index contributed by atoms with van der Waals surface area (Å²) in [6.07, 6.45) is 1.03. The van der Waals surface area contributed by atoms with Crippen LogP contribution in [0.3, 0.4) is 0 Å². The van der Waals surface area contributed by atoms with E-state index < -0.39 is 28.5 Å². The van der Waals surface area contributed by atoms with Gasteiger partial charge in [0.2, 0.25) is 11.8 Å². The molecule has 44 heavy (non-hydrogen) atoms. The average Bonchev–Trinajstić information content (AvgIpc) is 3.03. The second-order valence-corrected chi connectivity index (χ2v) is 12.3. The molecule has 0 saturated carbocycles. The number of aryl methyl sites for hydroxylation is 1. The number of anilines is 1. The second-order valence-electron chi connectivity index (χ2n) is 10.5. The van der Waals surface area contributed by atoms with Gasteiger partial charge in [-0.3, -0.25) is 13.9 Å². The van der Waals surface area contributed by atoms with Crippen LogP contribution in [0.4, 0.5) is 5.69 Å². The topological polar surface area (TPSA) is 114 Å². The fourth-order valence-electron chi connectivity index (χ4n) is 4.67. The smallest absolute Gasteiger partial charge is 0.264 e. The molecule has 0 spiro atoms. The van der Waals surface area contributed by atoms with Gasteiger partial charge in [0.05, 0.1) is 31.9 Å². The normalized spacial score (nSPS) is 12.5. The zero-order chi connectivity index (χ0) is 32.4. The van der Waals surface area contributed by atoms with Crippen molar-refractivity contribution in [3.63, 3.8) is 0 Å². The summed E-state index contributed by atoms with van der Waals surface area (Å²) in [7, 11) is 0.242. The monoisotopic (exact) mass is 625 g/mol. The molecule has 3 aromatic carbocycles. The summed E-state index contributed by atoms with van der Waals surface area (Å²) in [5.74, 6) is 0.444. The lowest BCUT2D eigenvalue weighted by Crippen LogP contribution is -2.53. The first kappa shape index (κ1) is 34.2. The van der Waals surface area contributed by atoms with Crippen molar-refractivity contribution in [2.45, 2.75) is 64.1 Å². The maximum absolute atomic E-state index is 14.3. The highest BCUT2D eigenvalue weighted by Crippen LogP contribution is 2.34. The van der Waals surface area contributed by atoms with Gasteiger partial charge in [-0.1, -0.05) is 43.7 Å². The Morgan fingerprint density at radius 1 is 0.864 bits per heavy atom. The summed E-state index contributed by atoms with van der Waals surface area (Å²) in [5.41, 5.74) is 1.82. The maximum atomic E-state index is 14.3. The summed E-state index contributed by atoms with van der Waals surface area (Å²) < 4.78 is 45.5. The average molecular weight is 626 g/mol. The number of carbonyl (C=O) groups excluding carboxylic acids is 2. The molecule has 0 radical (unpaired) electrons. The fourth-order valence-corrected chi connectivity index (χ4v) is 6.08. The molecule has 3 rings (SSSR count). The van der Waals surface area contributed by atoms with E-state index in [4.69, 9.17) is 14.2 Å². The van der Waals surface area contributed by atoms with E-state index in [0.29, 0.717) is 30.1 Å². The molecule has 0 aliphatic carbocycles. The highest BCUT2D eigenvalue weighted by Gasteiger charge is 2.34. The van der Waals surface area contributed by atoms with Crippen molar-refractivity contribution in [1.29, 1.82) is 0 Å². The van der Waals surface area contributed by atoms with Gasteiger partial charge in [0.1, 0.15) is 18.3 Å². The van der Waals surface area contributed by atoms with Gasteiger partial charge in [0.25, 0.3) is 10.0 Å². The first-order valence-electron chi connectivity index (χ1n) is 14.5. The van der Waals surface area contributed by atoms with Crippen LogP contribution in [0.5, 0.6) is 17.2 Å². The summed E-state index contributed by atoms with van der Waals surface area (Å²) >= 11 is 0. The van der Waals surface area contributed by atoms with Crippen LogP contribution in [0.2, 0.25) is 0 Å². The second kappa shape index (κ2) is 15.5. The van der Waals surface area contributed by atoms with Crippen LogP contribution in [0, 0.1) is 6.92 Å². The number of rotatable bonds is 15. The van der Waals surface area contributed by atoms with Gasteiger partial charge >= 0.3 is 0 Å². The Bertz CT molecular complexity index is 1530. The number of nitrogens with one attached hydrogen (secondary N) is 1. The quantitative estimate of drug-likeness (QED) is 0.255. The number of amides is 2. The van der Waals surface area contributed by atoms with E-state index in [0.717, 1.165) is 15.4 Å². The van der Waals surface area contributed by atoms with Crippen LogP contribution < -0.4 is 23.8 Å². The molecule has 0 bridgehead atoms. The van der Waals surface area contributed by atoms with E-state index in [9.17, 15) is 18.0 Å². The molecule has 0 fully saturated rings. The molecule has 3 aromatic rings. The van der Waals surface area contributed by atoms with E-state index in [2.05, 4.69) is 5.32 Å². The predicted molar refractivity (Wildman–Crippen MR) is 171 cm³/mol. The van der Waals surface area contributed by atoms with Gasteiger partial charge in [-0.25, -0.2) is 8.42 Å². The van der Waals surface area contributed by atoms with Gasteiger partial charge in [-0.2, -0.15) is 0 Å². The zero-order valence-corrected chi connectivity index (χ0v) is 27.3. The number of methoxy groups -OCH3 is 3. The fraction of sp³-hybridized carbons (Fsp3) is 0.394. The molecular formula is C33H43N3O7S. The number of hydrogen-bond acceptors (Lipinski definition) is 7. The summed E-state index contributed by atoms with van der Waals surface area (Å²) in [6.45, 7) is 7.03. The third-order valence-electron chi connectivity index (χ3n) is 7.42. The lowest BCUT2D eigenvalue weighted by atomic mass is 10.1. The first-order chi connectivity index (χ1) is 21.0. The maximum Gasteiger partial charge on any atom is 0.264 e. The van der Waals surface area contributed by atoms with Crippen molar-refractivity contribution >= 4 is 27.5 Å². The Hall–Kier alpha value is -4.25. The molecule has 0 heterocycles. The van der Waals surface area contributed by atoms with Crippen molar-refractivity contribution in [2.75, 3.05) is 32.2 Å². The molecule has 0 aliphatic heterocycles. The molecule has 10 nitrogen and oxygen atoms in total. The predicted octanol–water partition coefficient (Wildman–Crippen LogP) is 4.94. The van der Waals surface area contributed by atoms with Crippen LogP contribution in [-0.2, 0) is 26.2 Å². The van der Waals surface area contributed by atoms with Gasteiger partial charge < -0.3 is 24.4 Å². The van der Waals surface area contributed by atoms with Crippen molar-refractivity contribution in [1.82, 2.24) is 10.2 Å². The van der Waals surface area contributed by atoms with Gasteiger partial charge in [0, 0.05) is 18.7 Å². The highest BCUT2D eigenvalue weighted by molar-refractivity contribution is 7.92. The van der Waals surface area contributed by atoms with E-state index in [1.165, 1.54) is 37.3 Å². The number of sulfonamides is 1. The molecule has 2 amide bonds. The number of nitrogens with zero attached hydrogens (tertiary/aromatic N) is 2. The van der Waals surface area contributed by atoms with Gasteiger partial charge in [-0.05, 0) is 68.7 Å². The number of ether oxygens (including phenoxy) is 3.